The monoisotopic (exact) mass is 431 g/mol. The third-order valence-corrected chi connectivity index (χ3v) is 7.77. The SMILES string of the molecule is O=C(CC12CC3CC(CC(Br)(C3)C1)C2)N(Cc1ccco1)Cc1ccco1. The molecule has 1 amide bonds. The average molecular weight is 432 g/mol. The van der Waals surface area contributed by atoms with Crippen molar-refractivity contribution >= 4 is 21.8 Å². The lowest BCUT2D eigenvalue weighted by Crippen LogP contribution is -2.54. The van der Waals surface area contributed by atoms with Crippen LogP contribution in [0.15, 0.2) is 45.6 Å². The Morgan fingerprint density at radius 3 is 2.11 bits per heavy atom. The Balaban J connectivity index is 1.35. The van der Waals surface area contributed by atoms with E-state index in [1.54, 1.807) is 12.5 Å². The number of carbonyl (C=O) groups excluding carboxylic acids is 1. The van der Waals surface area contributed by atoms with Gasteiger partial charge in [0, 0.05) is 10.7 Å². The number of alkyl halides is 1. The van der Waals surface area contributed by atoms with E-state index in [9.17, 15) is 4.79 Å². The van der Waals surface area contributed by atoms with Crippen LogP contribution in [0.5, 0.6) is 0 Å². The molecule has 2 aromatic heterocycles. The fourth-order valence-electron chi connectivity index (χ4n) is 6.39. The fraction of sp³-hybridized carbons (Fsp3) is 0.591. The van der Waals surface area contributed by atoms with Crippen LogP contribution in [-0.4, -0.2) is 15.1 Å². The van der Waals surface area contributed by atoms with Gasteiger partial charge in [0.1, 0.15) is 11.5 Å². The Labute approximate surface area is 168 Å². The first-order chi connectivity index (χ1) is 13.0. The quantitative estimate of drug-likeness (QED) is 0.565. The van der Waals surface area contributed by atoms with Crippen LogP contribution < -0.4 is 0 Å². The second kappa shape index (κ2) is 6.54. The molecule has 4 aliphatic rings. The normalized spacial score (nSPS) is 34.1. The molecule has 0 radical (unpaired) electrons. The number of furan rings is 2. The number of nitrogens with zero attached hydrogens (tertiary/aromatic N) is 1. The average Bonchev–Trinajstić information content (AvgIpc) is 3.25. The molecule has 4 nitrogen and oxygen atoms in total. The highest BCUT2D eigenvalue weighted by molar-refractivity contribution is 9.10. The van der Waals surface area contributed by atoms with E-state index in [2.05, 4.69) is 15.9 Å². The lowest BCUT2D eigenvalue weighted by molar-refractivity contribution is -0.140. The van der Waals surface area contributed by atoms with Crippen molar-refractivity contribution in [1.82, 2.24) is 4.90 Å². The number of rotatable bonds is 6. The van der Waals surface area contributed by atoms with Crippen LogP contribution in [-0.2, 0) is 17.9 Å². The topological polar surface area (TPSA) is 46.6 Å². The van der Waals surface area contributed by atoms with Crippen molar-refractivity contribution in [2.75, 3.05) is 0 Å². The molecule has 2 unspecified atom stereocenters. The summed E-state index contributed by atoms with van der Waals surface area (Å²) in [6.07, 6.45) is 11.5. The predicted octanol–water partition coefficient (Wildman–Crippen LogP) is 5.53. The van der Waals surface area contributed by atoms with Crippen LogP contribution in [0.3, 0.4) is 0 Å². The molecule has 5 heteroatoms. The van der Waals surface area contributed by atoms with Crippen molar-refractivity contribution in [3.05, 3.63) is 48.3 Å². The Bertz CT molecular complexity index is 747. The highest BCUT2D eigenvalue weighted by atomic mass is 79.9. The number of carbonyl (C=O) groups is 1. The van der Waals surface area contributed by atoms with Gasteiger partial charge in [0.25, 0.3) is 0 Å². The molecular formula is C22H26BrNO3. The minimum Gasteiger partial charge on any atom is -0.467 e. The second-order valence-electron chi connectivity index (χ2n) is 9.20. The molecule has 0 N–H and O–H groups in total. The van der Waals surface area contributed by atoms with Crippen LogP contribution >= 0.6 is 15.9 Å². The van der Waals surface area contributed by atoms with Gasteiger partial charge in [-0.15, -0.1) is 0 Å². The first-order valence-electron chi connectivity index (χ1n) is 10.0. The van der Waals surface area contributed by atoms with Gasteiger partial charge in [-0.1, -0.05) is 15.9 Å². The van der Waals surface area contributed by atoms with Gasteiger partial charge in [0.05, 0.1) is 25.6 Å². The zero-order chi connectivity index (χ0) is 18.5. The minimum absolute atomic E-state index is 0.176. The molecule has 4 fully saturated rings. The first kappa shape index (κ1) is 17.6. The van der Waals surface area contributed by atoms with Crippen molar-refractivity contribution in [3.8, 4) is 0 Å². The first-order valence-corrected chi connectivity index (χ1v) is 10.8. The van der Waals surface area contributed by atoms with Crippen molar-refractivity contribution in [2.45, 2.75) is 62.4 Å². The summed E-state index contributed by atoms with van der Waals surface area (Å²) in [6.45, 7) is 0.990. The van der Waals surface area contributed by atoms with Crippen LogP contribution in [0, 0.1) is 17.3 Å². The number of amides is 1. The largest absolute Gasteiger partial charge is 0.467 e. The van der Waals surface area contributed by atoms with Gasteiger partial charge in [0.15, 0.2) is 0 Å². The zero-order valence-corrected chi connectivity index (χ0v) is 17.1. The molecule has 0 aromatic carbocycles. The van der Waals surface area contributed by atoms with Crippen LogP contribution in [0.25, 0.3) is 0 Å². The van der Waals surface area contributed by atoms with Gasteiger partial charge in [-0.2, -0.15) is 0 Å². The Kier molecular flexibility index (Phi) is 4.26. The van der Waals surface area contributed by atoms with Gasteiger partial charge in [-0.3, -0.25) is 4.79 Å². The summed E-state index contributed by atoms with van der Waals surface area (Å²) in [5.41, 5.74) is 0.176. The van der Waals surface area contributed by atoms with E-state index in [1.165, 1.54) is 32.1 Å². The maximum absolute atomic E-state index is 13.4. The number of hydrogen-bond acceptors (Lipinski definition) is 3. The summed E-state index contributed by atoms with van der Waals surface area (Å²) < 4.78 is 11.3. The summed E-state index contributed by atoms with van der Waals surface area (Å²) in [6, 6.07) is 7.61. The van der Waals surface area contributed by atoms with Crippen molar-refractivity contribution in [2.24, 2.45) is 17.3 Å². The smallest absolute Gasteiger partial charge is 0.223 e. The van der Waals surface area contributed by atoms with E-state index in [4.69, 9.17) is 8.83 Å². The van der Waals surface area contributed by atoms with Crippen LogP contribution in [0.1, 0.15) is 56.5 Å². The molecule has 4 saturated carbocycles. The Hall–Kier alpha value is -1.49. The molecule has 6 rings (SSSR count). The van der Waals surface area contributed by atoms with Gasteiger partial charge >= 0.3 is 0 Å². The third kappa shape index (κ3) is 3.51. The van der Waals surface area contributed by atoms with Gasteiger partial charge < -0.3 is 13.7 Å². The summed E-state index contributed by atoms with van der Waals surface area (Å²) in [5, 5.41) is 0. The van der Waals surface area contributed by atoms with E-state index in [1.807, 2.05) is 29.2 Å². The maximum atomic E-state index is 13.4. The van der Waals surface area contributed by atoms with Crippen molar-refractivity contribution in [1.29, 1.82) is 0 Å². The predicted molar refractivity (Wildman–Crippen MR) is 105 cm³/mol. The number of halogens is 1. The van der Waals surface area contributed by atoms with Gasteiger partial charge in [-0.05, 0) is 80.0 Å². The molecule has 0 saturated heterocycles. The molecule has 4 aliphatic carbocycles. The molecular weight excluding hydrogens is 406 g/mol. The third-order valence-electron chi connectivity index (χ3n) is 6.84. The van der Waals surface area contributed by atoms with E-state index >= 15 is 0 Å². The molecule has 2 aromatic rings. The standard InChI is InChI=1S/C22H26BrNO3/c23-22-10-16-7-17(11-22)9-21(8-16,15-22)12-20(25)24(13-18-3-1-5-26-18)14-19-4-2-6-27-19/h1-6,16-17H,7-15H2. The minimum atomic E-state index is 0.176. The van der Waals surface area contributed by atoms with Crippen LogP contribution in [0.4, 0.5) is 0 Å². The molecule has 27 heavy (non-hydrogen) atoms. The van der Waals surface area contributed by atoms with E-state index in [-0.39, 0.29) is 15.6 Å². The highest BCUT2D eigenvalue weighted by Gasteiger charge is 2.57. The van der Waals surface area contributed by atoms with Crippen molar-refractivity contribution in [3.63, 3.8) is 0 Å². The second-order valence-corrected chi connectivity index (χ2v) is 10.9. The Morgan fingerprint density at radius 2 is 1.63 bits per heavy atom. The van der Waals surface area contributed by atoms with E-state index in [0.717, 1.165) is 29.8 Å². The number of hydrogen-bond donors (Lipinski definition) is 0. The van der Waals surface area contributed by atoms with Crippen molar-refractivity contribution < 1.29 is 13.6 Å². The maximum Gasteiger partial charge on any atom is 0.223 e. The molecule has 144 valence electrons. The highest BCUT2D eigenvalue weighted by Crippen LogP contribution is 2.65. The van der Waals surface area contributed by atoms with Crippen LogP contribution in [0.2, 0.25) is 0 Å². The molecule has 4 bridgehead atoms. The van der Waals surface area contributed by atoms with E-state index in [0.29, 0.717) is 19.5 Å². The lowest BCUT2D eigenvalue weighted by Gasteiger charge is -2.60. The Morgan fingerprint density at radius 1 is 1.04 bits per heavy atom. The molecule has 2 atom stereocenters. The molecule has 0 aliphatic heterocycles. The summed E-state index contributed by atoms with van der Waals surface area (Å²) in [5.74, 6) is 3.44. The molecule has 0 spiro atoms. The fourth-order valence-corrected chi connectivity index (χ4v) is 7.90. The van der Waals surface area contributed by atoms with E-state index < -0.39 is 0 Å². The van der Waals surface area contributed by atoms with Gasteiger partial charge in [0.2, 0.25) is 5.91 Å². The summed E-state index contributed by atoms with van der Waals surface area (Å²) in [7, 11) is 0. The summed E-state index contributed by atoms with van der Waals surface area (Å²) in [4.78, 5) is 15.3. The zero-order valence-electron chi connectivity index (χ0n) is 15.5. The summed E-state index contributed by atoms with van der Waals surface area (Å²) >= 11 is 4.06. The van der Waals surface area contributed by atoms with Gasteiger partial charge in [-0.25, -0.2) is 0 Å². The molecule has 2 heterocycles. The lowest BCUT2D eigenvalue weighted by atomic mass is 9.48.